The van der Waals surface area contributed by atoms with Gasteiger partial charge in [0.2, 0.25) is 0 Å². The van der Waals surface area contributed by atoms with Gasteiger partial charge in [0.25, 0.3) is 0 Å². The highest BCUT2D eigenvalue weighted by molar-refractivity contribution is 5.67. The molecule has 2 aromatic rings. The predicted octanol–water partition coefficient (Wildman–Crippen LogP) is 3.17. The van der Waals surface area contributed by atoms with E-state index in [0.717, 1.165) is 29.9 Å². The molecular formula is C15H16N2. The molecule has 0 fully saturated rings. The van der Waals surface area contributed by atoms with Crippen LogP contribution in [0.15, 0.2) is 18.3 Å². The third-order valence-electron chi connectivity index (χ3n) is 3.70. The topological polar surface area (TPSA) is 25.8 Å². The van der Waals surface area contributed by atoms with Gasteiger partial charge in [0.05, 0.1) is 11.4 Å². The number of pyridine rings is 2. The van der Waals surface area contributed by atoms with E-state index in [-0.39, 0.29) is 0 Å². The molecule has 0 atom stereocenters. The lowest BCUT2D eigenvalue weighted by molar-refractivity contribution is 0.892. The molecule has 1 aliphatic rings. The summed E-state index contributed by atoms with van der Waals surface area (Å²) in [7, 11) is 0. The molecule has 0 aromatic carbocycles. The van der Waals surface area contributed by atoms with Crippen molar-refractivity contribution in [3.8, 4) is 11.4 Å². The van der Waals surface area contributed by atoms with Gasteiger partial charge in [0, 0.05) is 11.9 Å². The SMILES string of the molecule is Cc1ccc2c(n1)-c1ncc(C)c(C)c1CC2. The first-order valence-corrected chi connectivity index (χ1v) is 6.09. The van der Waals surface area contributed by atoms with Crippen molar-refractivity contribution in [1.29, 1.82) is 0 Å². The molecule has 2 heteroatoms. The fourth-order valence-electron chi connectivity index (χ4n) is 2.51. The van der Waals surface area contributed by atoms with Crippen molar-refractivity contribution >= 4 is 0 Å². The number of rotatable bonds is 0. The Morgan fingerprint density at radius 3 is 2.65 bits per heavy atom. The van der Waals surface area contributed by atoms with Crippen LogP contribution in [0.4, 0.5) is 0 Å². The number of fused-ring (bicyclic) bond motifs is 3. The van der Waals surface area contributed by atoms with Crippen molar-refractivity contribution in [1.82, 2.24) is 9.97 Å². The average molecular weight is 224 g/mol. The smallest absolute Gasteiger partial charge is 0.0924 e. The highest BCUT2D eigenvalue weighted by atomic mass is 14.8. The summed E-state index contributed by atoms with van der Waals surface area (Å²) in [5.74, 6) is 0. The third kappa shape index (κ3) is 1.55. The van der Waals surface area contributed by atoms with Crippen LogP contribution >= 0.6 is 0 Å². The molecule has 0 saturated heterocycles. The van der Waals surface area contributed by atoms with E-state index in [1.165, 1.54) is 22.3 Å². The Balaban J connectivity index is 2.29. The fourth-order valence-corrected chi connectivity index (χ4v) is 2.51. The van der Waals surface area contributed by atoms with Crippen molar-refractivity contribution in [3.63, 3.8) is 0 Å². The Kier molecular flexibility index (Phi) is 2.25. The molecule has 0 saturated carbocycles. The second kappa shape index (κ2) is 3.66. The van der Waals surface area contributed by atoms with Crippen LogP contribution in [0.25, 0.3) is 11.4 Å². The molecular weight excluding hydrogens is 208 g/mol. The Hall–Kier alpha value is -1.70. The van der Waals surface area contributed by atoms with Crippen LogP contribution in [-0.4, -0.2) is 9.97 Å². The van der Waals surface area contributed by atoms with E-state index in [1.807, 2.05) is 13.1 Å². The second-order valence-electron chi connectivity index (χ2n) is 4.85. The zero-order chi connectivity index (χ0) is 12.0. The molecule has 1 aliphatic carbocycles. The van der Waals surface area contributed by atoms with Crippen LogP contribution in [0.2, 0.25) is 0 Å². The van der Waals surface area contributed by atoms with Crippen LogP contribution < -0.4 is 0 Å². The molecule has 0 radical (unpaired) electrons. The number of aromatic nitrogens is 2. The zero-order valence-electron chi connectivity index (χ0n) is 10.5. The molecule has 0 amide bonds. The minimum Gasteiger partial charge on any atom is -0.254 e. The van der Waals surface area contributed by atoms with Crippen LogP contribution in [0, 0.1) is 20.8 Å². The summed E-state index contributed by atoms with van der Waals surface area (Å²) < 4.78 is 0. The molecule has 0 spiro atoms. The number of aryl methyl sites for hydroxylation is 3. The molecule has 0 unspecified atom stereocenters. The maximum Gasteiger partial charge on any atom is 0.0924 e. The van der Waals surface area contributed by atoms with Crippen LogP contribution in [0.1, 0.15) is 27.9 Å². The first-order chi connectivity index (χ1) is 8.16. The molecule has 0 aliphatic heterocycles. The molecule has 17 heavy (non-hydrogen) atoms. The maximum absolute atomic E-state index is 4.66. The van der Waals surface area contributed by atoms with E-state index in [0.29, 0.717) is 0 Å². The Labute approximate surface area is 102 Å². The summed E-state index contributed by atoms with van der Waals surface area (Å²) in [5, 5.41) is 0. The van der Waals surface area contributed by atoms with Crippen LogP contribution in [0.5, 0.6) is 0 Å². The largest absolute Gasteiger partial charge is 0.254 e. The van der Waals surface area contributed by atoms with Gasteiger partial charge in [-0.2, -0.15) is 0 Å². The van der Waals surface area contributed by atoms with E-state index in [1.54, 1.807) is 0 Å². The van der Waals surface area contributed by atoms with Crippen LogP contribution in [-0.2, 0) is 12.8 Å². The van der Waals surface area contributed by atoms with Crippen molar-refractivity contribution < 1.29 is 0 Å². The lowest BCUT2D eigenvalue weighted by Gasteiger charge is -2.20. The summed E-state index contributed by atoms with van der Waals surface area (Å²) in [6, 6.07) is 4.28. The van der Waals surface area contributed by atoms with Crippen molar-refractivity contribution in [2.24, 2.45) is 0 Å². The van der Waals surface area contributed by atoms with Gasteiger partial charge in [0.1, 0.15) is 0 Å². The van der Waals surface area contributed by atoms with Crippen LogP contribution in [0.3, 0.4) is 0 Å². The van der Waals surface area contributed by atoms with E-state index in [2.05, 4.69) is 35.9 Å². The number of hydrogen-bond donors (Lipinski definition) is 0. The molecule has 3 rings (SSSR count). The molecule has 0 bridgehead atoms. The molecule has 86 valence electrons. The van der Waals surface area contributed by atoms with Gasteiger partial charge >= 0.3 is 0 Å². The minimum absolute atomic E-state index is 1.07. The highest BCUT2D eigenvalue weighted by Crippen LogP contribution is 2.32. The predicted molar refractivity (Wildman–Crippen MR) is 69.1 cm³/mol. The Morgan fingerprint density at radius 1 is 1.00 bits per heavy atom. The lowest BCUT2D eigenvalue weighted by atomic mass is 9.88. The van der Waals surface area contributed by atoms with E-state index >= 15 is 0 Å². The highest BCUT2D eigenvalue weighted by Gasteiger charge is 2.20. The molecule has 2 heterocycles. The molecule has 0 N–H and O–H groups in total. The molecule has 2 aromatic heterocycles. The second-order valence-corrected chi connectivity index (χ2v) is 4.85. The third-order valence-corrected chi connectivity index (χ3v) is 3.70. The van der Waals surface area contributed by atoms with Gasteiger partial charge in [-0.25, -0.2) is 0 Å². The summed E-state index contributed by atoms with van der Waals surface area (Å²) >= 11 is 0. The summed E-state index contributed by atoms with van der Waals surface area (Å²) in [6.07, 6.45) is 4.14. The number of hydrogen-bond acceptors (Lipinski definition) is 2. The van der Waals surface area contributed by atoms with E-state index in [9.17, 15) is 0 Å². The quantitative estimate of drug-likeness (QED) is 0.687. The zero-order valence-corrected chi connectivity index (χ0v) is 10.5. The molecule has 2 nitrogen and oxygen atoms in total. The van der Waals surface area contributed by atoms with E-state index < -0.39 is 0 Å². The lowest BCUT2D eigenvalue weighted by Crippen LogP contribution is -2.10. The van der Waals surface area contributed by atoms with Gasteiger partial charge in [-0.3, -0.25) is 9.97 Å². The van der Waals surface area contributed by atoms with Gasteiger partial charge in [-0.1, -0.05) is 6.07 Å². The minimum atomic E-state index is 1.07. The normalized spacial score (nSPS) is 13.1. The van der Waals surface area contributed by atoms with Crippen molar-refractivity contribution in [2.75, 3.05) is 0 Å². The van der Waals surface area contributed by atoms with Gasteiger partial charge in [-0.15, -0.1) is 0 Å². The summed E-state index contributed by atoms with van der Waals surface area (Å²) in [5.41, 5.74) is 8.63. The Morgan fingerprint density at radius 2 is 1.82 bits per heavy atom. The summed E-state index contributed by atoms with van der Waals surface area (Å²) in [4.78, 5) is 9.26. The van der Waals surface area contributed by atoms with Gasteiger partial charge in [-0.05, 0) is 61.9 Å². The van der Waals surface area contributed by atoms with Gasteiger partial charge in [0.15, 0.2) is 0 Å². The monoisotopic (exact) mass is 224 g/mol. The van der Waals surface area contributed by atoms with E-state index in [4.69, 9.17) is 0 Å². The fraction of sp³-hybridized carbons (Fsp3) is 0.333. The Bertz CT molecular complexity index is 600. The number of nitrogens with zero attached hydrogens (tertiary/aromatic N) is 2. The van der Waals surface area contributed by atoms with Crippen molar-refractivity contribution in [3.05, 3.63) is 46.3 Å². The van der Waals surface area contributed by atoms with Gasteiger partial charge < -0.3 is 0 Å². The maximum atomic E-state index is 4.66. The average Bonchev–Trinajstić information content (AvgIpc) is 2.33. The van der Waals surface area contributed by atoms with Crippen molar-refractivity contribution in [2.45, 2.75) is 33.6 Å². The standard InChI is InChI=1S/C15H16N2/c1-9-8-16-15-13(11(9)3)7-6-12-5-4-10(2)17-14(12)15/h4-5,8H,6-7H2,1-3H3. The first kappa shape index (κ1) is 10.5. The summed E-state index contributed by atoms with van der Waals surface area (Å²) in [6.45, 7) is 6.36. The first-order valence-electron chi connectivity index (χ1n) is 6.09.